The molecule has 1 aliphatic rings. The van der Waals surface area contributed by atoms with Gasteiger partial charge in [0.25, 0.3) is 5.91 Å². The minimum atomic E-state index is -0.143. The topological polar surface area (TPSA) is 84.1 Å². The van der Waals surface area contributed by atoms with Crippen molar-refractivity contribution in [1.82, 2.24) is 15.1 Å². The van der Waals surface area contributed by atoms with Crippen molar-refractivity contribution in [3.63, 3.8) is 0 Å². The fourth-order valence-electron chi connectivity index (χ4n) is 2.46. The van der Waals surface area contributed by atoms with E-state index >= 15 is 0 Å². The van der Waals surface area contributed by atoms with E-state index in [4.69, 9.17) is 5.73 Å². The van der Waals surface area contributed by atoms with Crippen LogP contribution in [-0.4, -0.2) is 47.2 Å². The van der Waals surface area contributed by atoms with Crippen molar-refractivity contribution in [2.75, 3.05) is 19.4 Å². The molecule has 1 amide bonds. The van der Waals surface area contributed by atoms with Gasteiger partial charge in [0.1, 0.15) is 5.82 Å². The Hall–Kier alpha value is -1.69. The fraction of sp³-hybridized carbons (Fsp3) is 0.643. The second-order valence-corrected chi connectivity index (χ2v) is 5.56. The maximum absolute atomic E-state index is 11.7. The van der Waals surface area contributed by atoms with E-state index in [0.29, 0.717) is 11.5 Å². The molecule has 1 fully saturated rings. The Kier molecular flexibility index (Phi) is 4.89. The van der Waals surface area contributed by atoms with Crippen LogP contribution >= 0.6 is 0 Å². The summed E-state index contributed by atoms with van der Waals surface area (Å²) in [6.45, 7) is 0. The van der Waals surface area contributed by atoms with E-state index in [1.165, 1.54) is 24.2 Å². The summed E-state index contributed by atoms with van der Waals surface area (Å²) in [7, 11) is 3.39. The highest BCUT2D eigenvalue weighted by Crippen LogP contribution is 2.19. The number of rotatable bonds is 3. The molecule has 0 radical (unpaired) electrons. The van der Waals surface area contributed by atoms with Crippen LogP contribution in [-0.2, 0) is 0 Å². The molecule has 0 saturated heterocycles. The van der Waals surface area contributed by atoms with Gasteiger partial charge in [0, 0.05) is 26.2 Å². The standard InChI is InChI=1S/C14H23N5O/c1-19(2)14(20)12-8-9-13(18-17-12)16-11-7-5-3-4-6-10(11)15/h8-11H,3-7,15H2,1-2H3,(H,16,18). The molecule has 0 aromatic carbocycles. The lowest BCUT2D eigenvalue weighted by molar-refractivity contribution is 0.0821. The van der Waals surface area contributed by atoms with E-state index < -0.39 is 0 Å². The largest absolute Gasteiger partial charge is 0.364 e. The van der Waals surface area contributed by atoms with E-state index in [0.717, 1.165) is 12.8 Å². The van der Waals surface area contributed by atoms with Crippen LogP contribution in [0.1, 0.15) is 42.6 Å². The lowest BCUT2D eigenvalue weighted by atomic mass is 10.0. The van der Waals surface area contributed by atoms with E-state index in [1.807, 2.05) is 0 Å². The maximum Gasteiger partial charge on any atom is 0.273 e. The van der Waals surface area contributed by atoms with Crippen LogP contribution in [0.5, 0.6) is 0 Å². The zero-order valence-corrected chi connectivity index (χ0v) is 12.2. The van der Waals surface area contributed by atoms with E-state index in [-0.39, 0.29) is 18.0 Å². The number of hydrogen-bond acceptors (Lipinski definition) is 5. The van der Waals surface area contributed by atoms with E-state index in [2.05, 4.69) is 15.5 Å². The van der Waals surface area contributed by atoms with Crippen molar-refractivity contribution >= 4 is 11.7 Å². The lowest BCUT2D eigenvalue weighted by Gasteiger charge is -2.23. The zero-order valence-electron chi connectivity index (χ0n) is 12.2. The van der Waals surface area contributed by atoms with Crippen LogP contribution < -0.4 is 11.1 Å². The summed E-state index contributed by atoms with van der Waals surface area (Å²) < 4.78 is 0. The van der Waals surface area contributed by atoms with Crippen LogP contribution in [0.2, 0.25) is 0 Å². The Labute approximate surface area is 119 Å². The molecular formula is C14H23N5O. The average Bonchev–Trinajstić information content (AvgIpc) is 2.64. The highest BCUT2D eigenvalue weighted by molar-refractivity contribution is 5.91. The smallest absolute Gasteiger partial charge is 0.273 e. The van der Waals surface area contributed by atoms with E-state index in [9.17, 15) is 4.79 Å². The van der Waals surface area contributed by atoms with Gasteiger partial charge in [0.2, 0.25) is 0 Å². The second-order valence-electron chi connectivity index (χ2n) is 5.56. The monoisotopic (exact) mass is 277 g/mol. The number of amides is 1. The molecule has 0 spiro atoms. The summed E-state index contributed by atoms with van der Waals surface area (Å²) in [6.07, 6.45) is 5.73. The molecule has 1 saturated carbocycles. The molecule has 6 heteroatoms. The van der Waals surface area contributed by atoms with Gasteiger partial charge in [-0.2, -0.15) is 0 Å². The van der Waals surface area contributed by atoms with Crippen molar-refractivity contribution in [2.45, 2.75) is 44.2 Å². The molecule has 6 nitrogen and oxygen atoms in total. The summed E-state index contributed by atoms with van der Waals surface area (Å²) in [6, 6.07) is 3.88. The molecule has 3 N–H and O–H groups in total. The number of hydrogen-bond donors (Lipinski definition) is 2. The lowest BCUT2D eigenvalue weighted by Crippen LogP contribution is -2.39. The highest BCUT2D eigenvalue weighted by Gasteiger charge is 2.20. The molecule has 2 rings (SSSR count). The average molecular weight is 277 g/mol. The number of aromatic nitrogens is 2. The Morgan fingerprint density at radius 2 is 2.00 bits per heavy atom. The molecule has 20 heavy (non-hydrogen) atoms. The van der Waals surface area contributed by atoms with Crippen molar-refractivity contribution in [3.05, 3.63) is 17.8 Å². The number of nitrogens with zero attached hydrogens (tertiary/aromatic N) is 3. The third kappa shape index (κ3) is 3.66. The van der Waals surface area contributed by atoms with Gasteiger partial charge in [-0.15, -0.1) is 10.2 Å². The quantitative estimate of drug-likeness (QED) is 0.812. The number of nitrogens with two attached hydrogens (primary N) is 1. The Balaban J connectivity index is 2.01. The molecule has 2 unspecified atom stereocenters. The van der Waals surface area contributed by atoms with Crippen LogP contribution in [0.3, 0.4) is 0 Å². The van der Waals surface area contributed by atoms with Crippen molar-refractivity contribution < 1.29 is 4.79 Å². The third-order valence-electron chi connectivity index (χ3n) is 3.69. The highest BCUT2D eigenvalue weighted by atomic mass is 16.2. The van der Waals surface area contributed by atoms with Gasteiger partial charge in [-0.25, -0.2) is 0 Å². The Morgan fingerprint density at radius 3 is 2.65 bits per heavy atom. The molecule has 2 atom stereocenters. The molecule has 1 heterocycles. The van der Waals surface area contributed by atoms with Gasteiger partial charge < -0.3 is 16.0 Å². The molecule has 1 aromatic rings. The second kappa shape index (κ2) is 6.65. The van der Waals surface area contributed by atoms with Gasteiger partial charge in [-0.3, -0.25) is 4.79 Å². The Bertz CT molecular complexity index is 445. The number of nitrogens with one attached hydrogen (secondary N) is 1. The predicted molar refractivity (Wildman–Crippen MR) is 78.5 cm³/mol. The molecule has 1 aromatic heterocycles. The Morgan fingerprint density at radius 1 is 1.25 bits per heavy atom. The minimum Gasteiger partial charge on any atom is -0.364 e. The van der Waals surface area contributed by atoms with Crippen molar-refractivity contribution in [2.24, 2.45) is 5.73 Å². The minimum absolute atomic E-state index is 0.143. The van der Waals surface area contributed by atoms with Crippen LogP contribution in [0, 0.1) is 0 Å². The summed E-state index contributed by atoms with van der Waals surface area (Å²) in [5.41, 5.74) is 6.53. The predicted octanol–water partition coefficient (Wildman–Crippen LogP) is 1.25. The molecule has 1 aliphatic carbocycles. The van der Waals surface area contributed by atoms with Crippen LogP contribution in [0.25, 0.3) is 0 Å². The number of carbonyl (C=O) groups is 1. The summed E-state index contributed by atoms with van der Waals surface area (Å²) in [5.74, 6) is 0.540. The molecular weight excluding hydrogens is 254 g/mol. The van der Waals surface area contributed by atoms with Crippen LogP contribution in [0.15, 0.2) is 12.1 Å². The van der Waals surface area contributed by atoms with Gasteiger partial charge in [0.15, 0.2) is 5.69 Å². The van der Waals surface area contributed by atoms with Gasteiger partial charge >= 0.3 is 0 Å². The SMILES string of the molecule is CN(C)C(=O)c1ccc(NC2CCCCCC2N)nn1. The number of anilines is 1. The first-order valence-electron chi connectivity index (χ1n) is 7.15. The van der Waals surface area contributed by atoms with E-state index in [1.54, 1.807) is 26.2 Å². The normalized spacial score (nSPS) is 22.9. The summed E-state index contributed by atoms with van der Waals surface area (Å²) in [4.78, 5) is 13.2. The summed E-state index contributed by atoms with van der Waals surface area (Å²) in [5, 5.41) is 11.4. The number of carbonyl (C=O) groups excluding carboxylic acids is 1. The molecule has 0 aliphatic heterocycles. The third-order valence-corrected chi connectivity index (χ3v) is 3.69. The van der Waals surface area contributed by atoms with Gasteiger partial charge in [-0.1, -0.05) is 19.3 Å². The first kappa shape index (κ1) is 14.7. The van der Waals surface area contributed by atoms with Crippen LogP contribution in [0.4, 0.5) is 5.82 Å². The first-order valence-corrected chi connectivity index (χ1v) is 7.15. The van der Waals surface area contributed by atoms with Gasteiger partial charge in [0.05, 0.1) is 0 Å². The maximum atomic E-state index is 11.7. The van der Waals surface area contributed by atoms with Crippen molar-refractivity contribution in [1.29, 1.82) is 0 Å². The fourth-order valence-corrected chi connectivity index (χ4v) is 2.46. The first-order chi connectivity index (χ1) is 9.58. The van der Waals surface area contributed by atoms with Gasteiger partial charge in [-0.05, 0) is 25.0 Å². The molecule has 0 bridgehead atoms. The zero-order chi connectivity index (χ0) is 14.5. The summed E-state index contributed by atoms with van der Waals surface area (Å²) >= 11 is 0. The molecule has 110 valence electrons. The van der Waals surface area contributed by atoms with Crippen molar-refractivity contribution in [3.8, 4) is 0 Å².